The lowest BCUT2D eigenvalue weighted by Crippen LogP contribution is -2.32. The highest BCUT2D eigenvalue weighted by Crippen LogP contribution is 1.98. The number of amidine groups is 1. The minimum Gasteiger partial charge on any atom is -0.389 e. The van der Waals surface area contributed by atoms with Gasteiger partial charge < -0.3 is 20.5 Å². The molecule has 0 radical (unpaired) electrons. The lowest BCUT2D eigenvalue weighted by atomic mass is 10.2. The molecule has 0 aromatic heterocycles. The average Bonchev–Trinajstić information content (AvgIpc) is 2.12. The molecule has 0 aromatic carbocycles. The van der Waals surface area contributed by atoms with Crippen LogP contribution in [0.3, 0.4) is 0 Å². The van der Waals surface area contributed by atoms with Crippen LogP contribution in [0.15, 0.2) is 0 Å². The highest BCUT2D eigenvalue weighted by atomic mass is 16.5. The van der Waals surface area contributed by atoms with Crippen LogP contribution in [0.1, 0.15) is 19.3 Å². The van der Waals surface area contributed by atoms with Gasteiger partial charge in [0, 0.05) is 20.1 Å². The highest BCUT2D eigenvalue weighted by molar-refractivity contribution is 5.76. The van der Waals surface area contributed by atoms with E-state index in [1.54, 1.807) is 7.11 Å². The number of nitrogens with two attached hydrogens (primary N) is 1. The van der Waals surface area contributed by atoms with Crippen molar-refractivity contribution in [3.63, 3.8) is 0 Å². The summed E-state index contributed by atoms with van der Waals surface area (Å²) in [4.78, 5) is 2.06. The van der Waals surface area contributed by atoms with Gasteiger partial charge in [0.15, 0.2) is 0 Å². The third-order valence-corrected chi connectivity index (χ3v) is 2.12. The van der Waals surface area contributed by atoms with E-state index >= 15 is 0 Å². The fraction of sp³-hybridized carbons (Fsp3) is 0.900. The Balaban J connectivity index is 3.40. The Morgan fingerprint density at radius 1 is 1.53 bits per heavy atom. The lowest BCUT2D eigenvalue weighted by molar-refractivity contribution is 0.0430. The van der Waals surface area contributed by atoms with E-state index in [-0.39, 0.29) is 5.84 Å². The molecular formula is C10H23N3O2. The van der Waals surface area contributed by atoms with E-state index in [9.17, 15) is 5.11 Å². The molecule has 15 heavy (non-hydrogen) atoms. The predicted molar refractivity (Wildman–Crippen MR) is 61.1 cm³/mol. The topological polar surface area (TPSA) is 82.6 Å². The van der Waals surface area contributed by atoms with Gasteiger partial charge in [-0.15, -0.1) is 0 Å². The van der Waals surface area contributed by atoms with E-state index in [0.717, 1.165) is 19.4 Å². The Hall–Kier alpha value is -0.650. The number of ether oxygens (including phenoxy) is 1. The van der Waals surface area contributed by atoms with Crippen molar-refractivity contribution >= 4 is 5.84 Å². The third kappa shape index (κ3) is 9.65. The first-order valence-corrected chi connectivity index (χ1v) is 5.24. The number of hydrogen-bond acceptors (Lipinski definition) is 4. The van der Waals surface area contributed by atoms with Crippen molar-refractivity contribution in [2.45, 2.75) is 25.4 Å². The van der Waals surface area contributed by atoms with Crippen molar-refractivity contribution in [1.29, 1.82) is 5.41 Å². The largest absolute Gasteiger partial charge is 0.389 e. The SMILES string of the molecule is COCC(O)CN(C)CCCCC(=N)N. The monoisotopic (exact) mass is 217 g/mol. The quantitative estimate of drug-likeness (QED) is 0.289. The van der Waals surface area contributed by atoms with Gasteiger partial charge in [-0.2, -0.15) is 0 Å². The molecule has 0 bridgehead atoms. The smallest absolute Gasteiger partial charge is 0.0905 e. The van der Waals surface area contributed by atoms with Crippen molar-refractivity contribution in [3.05, 3.63) is 0 Å². The number of aliphatic hydroxyl groups excluding tert-OH is 1. The van der Waals surface area contributed by atoms with Gasteiger partial charge in [0.2, 0.25) is 0 Å². The fourth-order valence-electron chi connectivity index (χ4n) is 1.39. The number of likely N-dealkylation sites (N-methyl/N-ethyl adjacent to an activating group) is 1. The van der Waals surface area contributed by atoms with E-state index in [2.05, 4.69) is 4.90 Å². The number of unbranched alkanes of at least 4 members (excludes halogenated alkanes) is 1. The first-order valence-electron chi connectivity index (χ1n) is 5.24. The number of methoxy groups -OCH3 is 1. The lowest BCUT2D eigenvalue weighted by Gasteiger charge is -2.19. The Morgan fingerprint density at radius 2 is 2.20 bits per heavy atom. The fourth-order valence-corrected chi connectivity index (χ4v) is 1.39. The molecule has 90 valence electrons. The van der Waals surface area contributed by atoms with E-state index in [1.165, 1.54) is 0 Å². The van der Waals surface area contributed by atoms with Gasteiger partial charge >= 0.3 is 0 Å². The van der Waals surface area contributed by atoms with Gasteiger partial charge in [-0.05, 0) is 26.4 Å². The summed E-state index contributed by atoms with van der Waals surface area (Å²) in [6, 6.07) is 0. The second-order valence-electron chi connectivity index (χ2n) is 3.85. The highest BCUT2D eigenvalue weighted by Gasteiger charge is 2.07. The van der Waals surface area contributed by atoms with Crippen molar-refractivity contribution in [1.82, 2.24) is 4.90 Å². The second-order valence-corrected chi connectivity index (χ2v) is 3.85. The molecular weight excluding hydrogens is 194 g/mol. The maximum Gasteiger partial charge on any atom is 0.0905 e. The Kier molecular flexibility index (Phi) is 8.27. The molecule has 0 aliphatic heterocycles. The zero-order chi connectivity index (χ0) is 11.7. The van der Waals surface area contributed by atoms with E-state index in [1.807, 2.05) is 7.05 Å². The zero-order valence-electron chi connectivity index (χ0n) is 9.70. The average molecular weight is 217 g/mol. The molecule has 0 aliphatic rings. The zero-order valence-corrected chi connectivity index (χ0v) is 9.70. The first-order chi connectivity index (χ1) is 7.06. The summed E-state index contributed by atoms with van der Waals surface area (Å²) in [6.45, 7) is 1.90. The van der Waals surface area contributed by atoms with E-state index in [4.69, 9.17) is 15.9 Å². The standard InChI is InChI=1S/C10H23N3O2/c1-13(7-9(14)8-15-2)6-4-3-5-10(11)12/h9,14H,3-8H2,1-2H3,(H3,11,12). The maximum absolute atomic E-state index is 9.44. The van der Waals surface area contributed by atoms with Crippen LogP contribution in [0.5, 0.6) is 0 Å². The number of nitrogens with zero attached hydrogens (tertiary/aromatic N) is 1. The Morgan fingerprint density at radius 3 is 2.73 bits per heavy atom. The van der Waals surface area contributed by atoms with Gasteiger partial charge in [-0.3, -0.25) is 5.41 Å². The van der Waals surface area contributed by atoms with Crippen molar-refractivity contribution in [2.75, 3.05) is 33.9 Å². The second kappa shape index (κ2) is 8.64. The molecule has 0 saturated carbocycles. The summed E-state index contributed by atoms with van der Waals surface area (Å²) in [7, 11) is 3.54. The summed E-state index contributed by atoms with van der Waals surface area (Å²) >= 11 is 0. The Labute approximate surface area is 91.7 Å². The van der Waals surface area contributed by atoms with Crippen LogP contribution in [0.2, 0.25) is 0 Å². The minimum absolute atomic E-state index is 0.247. The molecule has 0 rings (SSSR count). The number of rotatable bonds is 9. The normalized spacial score (nSPS) is 13.1. The number of hydrogen-bond donors (Lipinski definition) is 3. The molecule has 0 aliphatic carbocycles. The molecule has 0 aromatic rings. The van der Waals surface area contributed by atoms with Crippen LogP contribution in [-0.4, -0.2) is 55.8 Å². The molecule has 5 nitrogen and oxygen atoms in total. The predicted octanol–water partition coefficient (Wildman–Crippen LogP) is 0.0318. The summed E-state index contributed by atoms with van der Waals surface area (Å²) in [5, 5.41) is 16.5. The molecule has 1 atom stereocenters. The van der Waals surface area contributed by atoms with E-state index in [0.29, 0.717) is 19.6 Å². The van der Waals surface area contributed by atoms with Crippen LogP contribution in [0.4, 0.5) is 0 Å². The molecule has 0 saturated heterocycles. The van der Waals surface area contributed by atoms with Crippen molar-refractivity contribution in [3.8, 4) is 0 Å². The van der Waals surface area contributed by atoms with Crippen LogP contribution in [-0.2, 0) is 4.74 Å². The van der Waals surface area contributed by atoms with Crippen LogP contribution < -0.4 is 5.73 Å². The molecule has 1 unspecified atom stereocenters. The molecule has 0 heterocycles. The van der Waals surface area contributed by atoms with Gasteiger partial charge in [0.05, 0.1) is 18.5 Å². The summed E-state index contributed by atoms with van der Waals surface area (Å²) < 4.78 is 4.84. The maximum atomic E-state index is 9.44. The van der Waals surface area contributed by atoms with Crippen molar-refractivity contribution < 1.29 is 9.84 Å². The summed E-state index contributed by atoms with van der Waals surface area (Å²) in [5.41, 5.74) is 5.24. The van der Waals surface area contributed by atoms with Gasteiger partial charge in [-0.25, -0.2) is 0 Å². The molecule has 0 amide bonds. The molecule has 4 N–H and O–H groups in total. The minimum atomic E-state index is -0.423. The van der Waals surface area contributed by atoms with Crippen LogP contribution in [0.25, 0.3) is 0 Å². The van der Waals surface area contributed by atoms with Gasteiger partial charge in [0.1, 0.15) is 0 Å². The van der Waals surface area contributed by atoms with Gasteiger partial charge in [-0.1, -0.05) is 0 Å². The molecule has 0 spiro atoms. The summed E-state index contributed by atoms with van der Waals surface area (Å²) in [5.74, 6) is 0.247. The molecule has 5 heteroatoms. The third-order valence-electron chi connectivity index (χ3n) is 2.12. The molecule has 0 fully saturated rings. The van der Waals surface area contributed by atoms with Crippen LogP contribution in [0, 0.1) is 5.41 Å². The first kappa shape index (κ1) is 14.3. The van der Waals surface area contributed by atoms with Crippen molar-refractivity contribution in [2.24, 2.45) is 5.73 Å². The number of nitrogens with one attached hydrogen (secondary N) is 1. The van der Waals surface area contributed by atoms with Gasteiger partial charge in [0.25, 0.3) is 0 Å². The number of aliphatic hydroxyl groups is 1. The summed E-state index contributed by atoms with van der Waals surface area (Å²) in [6.07, 6.45) is 2.16. The van der Waals surface area contributed by atoms with E-state index < -0.39 is 6.10 Å². The Bertz CT molecular complexity index is 176. The van der Waals surface area contributed by atoms with Crippen LogP contribution >= 0.6 is 0 Å².